The van der Waals surface area contributed by atoms with Crippen LogP contribution in [0.25, 0.3) is 10.6 Å². The van der Waals surface area contributed by atoms with Crippen molar-refractivity contribution in [1.82, 2.24) is 20.1 Å². The van der Waals surface area contributed by atoms with Gasteiger partial charge in [0, 0.05) is 50.3 Å². The number of carbonyl (C=O) groups excluding carboxylic acids is 2. The third kappa shape index (κ3) is 5.17. The standard InChI is InChI=1S/C25H27N5O5S/c1-29(25-28-27-24(36-25)16-5-8-26-9-6-16)23(32)14-30-13-18(12-22(30)31)17-3-4-20(33-2)21(11-17)35-19-7-10-34-15-19/h3-6,8-9,11,18-19H,7,10,12-15H2,1-2H3/t18-,19-/m1/s1. The number of ether oxygens (including phenoxy) is 3. The molecule has 188 valence electrons. The number of anilines is 1. The van der Waals surface area contributed by atoms with Gasteiger partial charge in [0.2, 0.25) is 16.9 Å². The molecule has 11 heteroatoms. The Hall–Kier alpha value is -3.57. The number of nitrogens with zero attached hydrogens (tertiary/aromatic N) is 5. The summed E-state index contributed by atoms with van der Waals surface area (Å²) in [6, 6.07) is 9.43. The summed E-state index contributed by atoms with van der Waals surface area (Å²) in [4.78, 5) is 32.8. The summed E-state index contributed by atoms with van der Waals surface area (Å²) in [5, 5.41) is 9.51. The van der Waals surface area contributed by atoms with Crippen molar-refractivity contribution >= 4 is 28.3 Å². The van der Waals surface area contributed by atoms with E-state index >= 15 is 0 Å². The molecule has 2 aromatic heterocycles. The van der Waals surface area contributed by atoms with Crippen LogP contribution in [0, 0.1) is 0 Å². The summed E-state index contributed by atoms with van der Waals surface area (Å²) in [6.45, 7) is 1.67. The molecule has 4 heterocycles. The van der Waals surface area contributed by atoms with Crippen molar-refractivity contribution in [2.24, 2.45) is 0 Å². The van der Waals surface area contributed by atoms with Gasteiger partial charge < -0.3 is 19.1 Å². The molecule has 0 unspecified atom stereocenters. The Bertz CT molecular complexity index is 1230. The maximum absolute atomic E-state index is 13.0. The Morgan fingerprint density at radius 1 is 1.22 bits per heavy atom. The molecular formula is C25H27N5O5S. The van der Waals surface area contributed by atoms with Crippen molar-refractivity contribution in [3.63, 3.8) is 0 Å². The smallest absolute Gasteiger partial charge is 0.248 e. The van der Waals surface area contributed by atoms with Crippen molar-refractivity contribution in [1.29, 1.82) is 0 Å². The number of aromatic nitrogens is 3. The lowest BCUT2D eigenvalue weighted by molar-refractivity contribution is -0.132. The van der Waals surface area contributed by atoms with Crippen molar-refractivity contribution in [2.45, 2.75) is 24.9 Å². The van der Waals surface area contributed by atoms with Gasteiger partial charge in [-0.25, -0.2) is 0 Å². The molecule has 3 aromatic rings. The monoisotopic (exact) mass is 509 g/mol. The summed E-state index contributed by atoms with van der Waals surface area (Å²) in [7, 11) is 3.25. The minimum atomic E-state index is -0.221. The van der Waals surface area contributed by atoms with Crippen molar-refractivity contribution in [2.75, 3.05) is 45.4 Å². The van der Waals surface area contributed by atoms with Gasteiger partial charge >= 0.3 is 0 Å². The van der Waals surface area contributed by atoms with Gasteiger partial charge in [0.05, 0.1) is 20.3 Å². The molecule has 5 rings (SSSR count). The molecule has 2 aliphatic heterocycles. The van der Waals surface area contributed by atoms with Crippen LogP contribution in [0.4, 0.5) is 5.13 Å². The van der Waals surface area contributed by atoms with Crippen LogP contribution < -0.4 is 14.4 Å². The topological polar surface area (TPSA) is 107 Å². The average molecular weight is 510 g/mol. The fourth-order valence-electron chi connectivity index (χ4n) is 4.31. The highest BCUT2D eigenvalue weighted by molar-refractivity contribution is 7.18. The third-order valence-electron chi connectivity index (χ3n) is 6.38. The normalized spacial score (nSPS) is 19.5. The summed E-state index contributed by atoms with van der Waals surface area (Å²) >= 11 is 1.31. The van der Waals surface area contributed by atoms with Crippen molar-refractivity contribution in [3.05, 3.63) is 48.3 Å². The van der Waals surface area contributed by atoms with E-state index in [1.165, 1.54) is 16.2 Å². The Kier molecular flexibility index (Phi) is 7.10. The second kappa shape index (κ2) is 10.6. The van der Waals surface area contributed by atoms with Gasteiger partial charge in [0.25, 0.3) is 0 Å². The number of hydrogen-bond donors (Lipinski definition) is 0. The van der Waals surface area contributed by atoms with Crippen LogP contribution in [-0.2, 0) is 14.3 Å². The molecule has 2 saturated heterocycles. The van der Waals surface area contributed by atoms with Gasteiger partial charge in [0.1, 0.15) is 17.7 Å². The summed E-state index contributed by atoms with van der Waals surface area (Å²) in [5.74, 6) is 0.976. The SMILES string of the molecule is COc1ccc([C@@H]2CC(=O)N(CC(=O)N(C)c3nnc(-c4ccncc4)s3)C2)cc1O[C@@H]1CCOC1. The fourth-order valence-corrected chi connectivity index (χ4v) is 5.14. The Balaban J connectivity index is 1.23. The Morgan fingerprint density at radius 3 is 2.81 bits per heavy atom. The van der Waals surface area contributed by atoms with E-state index < -0.39 is 0 Å². The fraction of sp³-hybridized carbons (Fsp3) is 0.400. The molecule has 0 radical (unpaired) electrons. The first-order valence-electron chi connectivity index (χ1n) is 11.7. The van der Waals surface area contributed by atoms with Gasteiger partial charge in [-0.1, -0.05) is 17.4 Å². The van der Waals surface area contributed by atoms with Crippen LogP contribution in [0.1, 0.15) is 24.3 Å². The van der Waals surface area contributed by atoms with E-state index in [0.717, 1.165) is 17.5 Å². The summed E-state index contributed by atoms with van der Waals surface area (Å²) in [6.07, 6.45) is 4.52. The maximum Gasteiger partial charge on any atom is 0.248 e. The molecule has 0 spiro atoms. The molecule has 0 aliphatic carbocycles. The van der Waals surface area contributed by atoms with E-state index in [4.69, 9.17) is 14.2 Å². The lowest BCUT2D eigenvalue weighted by Gasteiger charge is -2.20. The van der Waals surface area contributed by atoms with E-state index in [0.29, 0.717) is 47.8 Å². The first-order valence-corrected chi connectivity index (χ1v) is 12.5. The largest absolute Gasteiger partial charge is 0.493 e. The summed E-state index contributed by atoms with van der Waals surface area (Å²) < 4.78 is 17.0. The van der Waals surface area contributed by atoms with Gasteiger partial charge in [-0.15, -0.1) is 10.2 Å². The molecule has 2 atom stereocenters. The molecule has 0 bridgehead atoms. The van der Waals surface area contributed by atoms with Crippen LogP contribution in [-0.4, -0.2) is 78.5 Å². The van der Waals surface area contributed by atoms with Crippen LogP contribution >= 0.6 is 11.3 Å². The molecule has 2 fully saturated rings. The predicted molar refractivity (Wildman–Crippen MR) is 133 cm³/mol. The van der Waals surface area contributed by atoms with E-state index in [-0.39, 0.29) is 30.4 Å². The van der Waals surface area contributed by atoms with Crippen LogP contribution in [0.5, 0.6) is 11.5 Å². The lowest BCUT2D eigenvalue weighted by atomic mass is 9.98. The van der Waals surface area contributed by atoms with E-state index in [2.05, 4.69) is 15.2 Å². The zero-order valence-corrected chi connectivity index (χ0v) is 20.9. The Morgan fingerprint density at radius 2 is 2.06 bits per heavy atom. The zero-order chi connectivity index (χ0) is 25.1. The predicted octanol–water partition coefficient (Wildman–Crippen LogP) is 2.76. The van der Waals surface area contributed by atoms with Gasteiger partial charge in [0.15, 0.2) is 11.5 Å². The van der Waals surface area contributed by atoms with Crippen LogP contribution in [0.2, 0.25) is 0 Å². The quantitative estimate of drug-likeness (QED) is 0.456. The highest BCUT2D eigenvalue weighted by atomic mass is 32.1. The maximum atomic E-state index is 13.0. The number of amides is 2. The zero-order valence-electron chi connectivity index (χ0n) is 20.1. The number of carbonyl (C=O) groups is 2. The molecule has 10 nitrogen and oxygen atoms in total. The second-order valence-corrected chi connectivity index (χ2v) is 9.72. The molecule has 0 saturated carbocycles. The second-order valence-electron chi connectivity index (χ2n) is 8.77. The van der Waals surface area contributed by atoms with Crippen LogP contribution in [0.3, 0.4) is 0 Å². The molecular weight excluding hydrogens is 482 g/mol. The first kappa shape index (κ1) is 24.1. The number of methoxy groups -OCH3 is 1. The minimum absolute atomic E-state index is 0.0107. The number of likely N-dealkylation sites (N-methyl/N-ethyl adjacent to an activating group) is 1. The van der Waals surface area contributed by atoms with Crippen molar-refractivity contribution in [3.8, 4) is 22.1 Å². The van der Waals surface area contributed by atoms with Gasteiger partial charge in [-0.05, 0) is 29.8 Å². The molecule has 0 N–H and O–H groups in total. The molecule has 2 amide bonds. The van der Waals surface area contributed by atoms with E-state index in [1.807, 2.05) is 30.3 Å². The van der Waals surface area contributed by atoms with E-state index in [9.17, 15) is 9.59 Å². The van der Waals surface area contributed by atoms with Crippen molar-refractivity contribution < 1.29 is 23.8 Å². The summed E-state index contributed by atoms with van der Waals surface area (Å²) in [5.41, 5.74) is 1.86. The lowest BCUT2D eigenvalue weighted by Crippen LogP contribution is -2.39. The number of rotatable bonds is 8. The average Bonchev–Trinajstić information content (AvgIpc) is 3.66. The Labute approximate surface area is 212 Å². The number of benzene rings is 1. The molecule has 2 aliphatic rings. The van der Waals surface area contributed by atoms with Gasteiger partial charge in [-0.2, -0.15) is 0 Å². The van der Waals surface area contributed by atoms with Gasteiger partial charge in [-0.3, -0.25) is 19.5 Å². The molecule has 36 heavy (non-hydrogen) atoms. The first-order chi connectivity index (χ1) is 17.5. The molecule has 1 aromatic carbocycles. The van der Waals surface area contributed by atoms with E-state index in [1.54, 1.807) is 31.5 Å². The third-order valence-corrected chi connectivity index (χ3v) is 7.43. The highest BCUT2D eigenvalue weighted by Gasteiger charge is 2.33. The van der Waals surface area contributed by atoms with Crippen LogP contribution in [0.15, 0.2) is 42.7 Å². The number of pyridine rings is 1. The number of likely N-dealkylation sites (tertiary alicyclic amines) is 1. The minimum Gasteiger partial charge on any atom is -0.493 e. The number of hydrogen-bond acceptors (Lipinski definition) is 9. The highest BCUT2D eigenvalue weighted by Crippen LogP contribution is 2.36.